The maximum Gasteiger partial charge on any atom is 0.335 e. The third-order valence-corrected chi connectivity index (χ3v) is 4.72. The minimum atomic E-state index is -1.45. The molecule has 1 aliphatic heterocycles. The van der Waals surface area contributed by atoms with Crippen LogP contribution in [-0.4, -0.2) is 92.6 Å². The summed E-state index contributed by atoms with van der Waals surface area (Å²) in [5.74, 6) is -3.06. The van der Waals surface area contributed by atoms with Gasteiger partial charge in [0.1, 0.15) is 30.1 Å². The lowest BCUT2D eigenvalue weighted by atomic mass is 9.99. The van der Waals surface area contributed by atoms with E-state index in [0.717, 1.165) is 4.90 Å². The first kappa shape index (κ1) is 22.6. The van der Waals surface area contributed by atoms with E-state index in [4.69, 9.17) is 14.6 Å². The Kier molecular flexibility index (Phi) is 7.14. The molecule has 1 aromatic carbocycles. The Morgan fingerprint density at radius 1 is 1.21 bits per heavy atom. The topological polar surface area (TPSA) is 174 Å². The zero-order valence-electron chi connectivity index (χ0n) is 15.8. The van der Waals surface area contributed by atoms with Gasteiger partial charge in [-0.25, -0.2) is 9.59 Å². The lowest BCUT2D eigenvalue weighted by Gasteiger charge is -2.24. The monoisotopic (exact) mass is 413 g/mol. The van der Waals surface area contributed by atoms with Gasteiger partial charge in [-0.2, -0.15) is 0 Å². The Bertz CT molecular complexity index is 782. The van der Waals surface area contributed by atoms with Gasteiger partial charge in [0.2, 0.25) is 12.2 Å². The van der Waals surface area contributed by atoms with Crippen LogP contribution in [0.1, 0.15) is 22.8 Å². The molecule has 11 nitrogen and oxygen atoms in total. The van der Waals surface area contributed by atoms with E-state index in [0.29, 0.717) is 0 Å². The number of aromatic carboxylic acids is 1. The van der Waals surface area contributed by atoms with Crippen molar-refractivity contribution >= 4 is 17.8 Å². The number of carbonyl (C=O) groups excluding carboxylic acids is 1. The molecule has 1 heterocycles. The molecule has 2 rings (SSSR count). The molecule has 29 heavy (non-hydrogen) atoms. The number of benzene rings is 1. The second-order valence-corrected chi connectivity index (χ2v) is 6.64. The summed E-state index contributed by atoms with van der Waals surface area (Å²) < 4.78 is 10.7. The van der Waals surface area contributed by atoms with Gasteiger partial charge >= 0.3 is 11.9 Å². The van der Waals surface area contributed by atoms with Crippen LogP contribution in [0.5, 0.6) is 5.75 Å². The highest BCUT2D eigenvalue weighted by atomic mass is 16.7. The van der Waals surface area contributed by atoms with Crippen molar-refractivity contribution in [2.45, 2.75) is 44.0 Å². The number of likely N-dealkylation sites (N-methyl/N-ethyl adjacent to an activating group) is 1. The number of aliphatic hydroxyl groups excluding tert-OH is 3. The number of aliphatic hydroxyl groups is 3. The summed E-state index contributed by atoms with van der Waals surface area (Å²) in [6.07, 6.45) is -5.50. The summed E-state index contributed by atoms with van der Waals surface area (Å²) >= 11 is 0. The summed E-state index contributed by atoms with van der Waals surface area (Å²) in [4.78, 5) is 35.6. The molecule has 0 aromatic heterocycles. The van der Waals surface area contributed by atoms with E-state index < -0.39 is 55.1 Å². The number of carboxylic acid groups (broad SMARTS) is 2. The predicted molar refractivity (Wildman–Crippen MR) is 95.4 cm³/mol. The Hall–Kier alpha value is -2.73. The molecule has 5 atom stereocenters. The second kappa shape index (κ2) is 9.18. The minimum Gasteiger partial charge on any atom is -0.480 e. The molecule has 0 radical (unpaired) electrons. The van der Waals surface area contributed by atoms with Crippen LogP contribution in [0.25, 0.3) is 0 Å². The van der Waals surface area contributed by atoms with Gasteiger partial charge in [-0.05, 0) is 23.8 Å². The van der Waals surface area contributed by atoms with Crippen LogP contribution in [0, 0.1) is 0 Å². The average Bonchev–Trinajstić information content (AvgIpc) is 2.92. The van der Waals surface area contributed by atoms with Crippen LogP contribution in [0.4, 0.5) is 0 Å². The quantitative estimate of drug-likeness (QED) is 0.344. The molecule has 1 aliphatic rings. The van der Waals surface area contributed by atoms with Crippen LogP contribution in [0.2, 0.25) is 0 Å². The molecule has 0 saturated carbocycles. The number of hydrogen-bond donors (Lipinski definition) is 5. The normalized spacial score (nSPS) is 24.7. The summed E-state index contributed by atoms with van der Waals surface area (Å²) in [7, 11) is 1.29. The molecule has 0 aliphatic carbocycles. The SMILES string of the molecule is CC(=O)N(C)[C@@H](Cc1cc(OC2O[C@H](CO)[C@@H](O)[C@H]2O)ccc1C(=O)O)C(=O)O. The highest BCUT2D eigenvalue weighted by molar-refractivity contribution is 5.90. The molecule has 1 saturated heterocycles. The van der Waals surface area contributed by atoms with Crippen LogP contribution in [-0.2, 0) is 20.7 Å². The van der Waals surface area contributed by atoms with E-state index in [9.17, 15) is 34.8 Å². The highest BCUT2D eigenvalue weighted by Crippen LogP contribution is 2.27. The second-order valence-electron chi connectivity index (χ2n) is 6.64. The highest BCUT2D eigenvalue weighted by Gasteiger charge is 2.44. The van der Waals surface area contributed by atoms with E-state index in [2.05, 4.69) is 0 Å². The predicted octanol–water partition coefficient (Wildman–Crippen LogP) is -1.32. The van der Waals surface area contributed by atoms with E-state index in [1.54, 1.807) is 0 Å². The van der Waals surface area contributed by atoms with Gasteiger partial charge in [0.05, 0.1) is 12.2 Å². The molecule has 1 aromatic rings. The van der Waals surface area contributed by atoms with E-state index in [1.807, 2.05) is 0 Å². The van der Waals surface area contributed by atoms with Gasteiger partial charge in [0.25, 0.3) is 0 Å². The maximum absolute atomic E-state index is 11.6. The van der Waals surface area contributed by atoms with Crippen molar-refractivity contribution in [3.05, 3.63) is 29.3 Å². The van der Waals surface area contributed by atoms with Crippen molar-refractivity contribution in [3.8, 4) is 5.75 Å². The molecule has 11 heteroatoms. The molecule has 5 N–H and O–H groups in total. The van der Waals surface area contributed by atoms with E-state index in [1.165, 1.54) is 32.2 Å². The molecule has 160 valence electrons. The van der Waals surface area contributed by atoms with Crippen molar-refractivity contribution in [2.75, 3.05) is 13.7 Å². The Morgan fingerprint density at radius 2 is 1.86 bits per heavy atom. The first-order valence-electron chi connectivity index (χ1n) is 8.68. The number of nitrogens with zero attached hydrogens (tertiary/aromatic N) is 1. The number of hydrogen-bond acceptors (Lipinski definition) is 8. The molecule has 0 spiro atoms. The third-order valence-electron chi connectivity index (χ3n) is 4.72. The molecule has 1 unspecified atom stereocenters. The van der Waals surface area contributed by atoms with Crippen molar-refractivity contribution in [2.24, 2.45) is 0 Å². The van der Waals surface area contributed by atoms with Gasteiger partial charge in [-0.15, -0.1) is 0 Å². The lowest BCUT2D eigenvalue weighted by Crippen LogP contribution is -2.43. The largest absolute Gasteiger partial charge is 0.480 e. The lowest BCUT2D eigenvalue weighted by molar-refractivity contribution is -0.148. The number of carbonyl (C=O) groups is 3. The zero-order valence-corrected chi connectivity index (χ0v) is 15.8. The van der Waals surface area contributed by atoms with Crippen LogP contribution < -0.4 is 4.74 Å². The molecular formula is C18H23NO10. The number of amides is 1. The first-order valence-corrected chi connectivity index (χ1v) is 8.68. The molecule has 1 fully saturated rings. The van der Waals surface area contributed by atoms with Crippen LogP contribution in [0.3, 0.4) is 0 Å². The standard InChI is InChI=1S/C18H23NO10/c1-8(21)19(2)12(17(26)27)6-9-5-10(3-4-11(9)16(24)25)28-18-15(23)14(22)13(7-20)29-18/h3-5,12-15,18,20,22-23H,6-7H2,1-2H3,(H,24,25)(H,26,27)/t12-,13+,14+,15+,18?/m0/s1. The van der Waals surface area contributed by atoms with Gasteiger partial charge < -0.3 is 39.9 Å². The summed E-state index contributed by atoms with van der Waals surface area (Å²) in [6, 6.07) is 2.43. The third kappa shape index (κ3) is 5.01. The van der Waals surface area contributed by atoms with Gasteiger partial charge in [0, 0.05) is 20.4 Å². The summed E-state index contributed by atoms with van der Waals surface area (Å²) in [5, 5.41) is 47.7. The summed E-state index contributed by atoms with van der Waals surface area (Å²) in [5.41, 5.74) is -0.0936. The van der Waals surface area contributed by atoms with Gasteiger partial charge in [-0.1, -0.05) is 0 Å². The van der Waals surface area contributed by atoms with Gasteiger partial charge in [0.15, 0.2) is 0 Å². The maximum atomic E-state index is 11.6. The van der Waals surface area contributed by atoms with E-state index in [-0.39, 0.29) is 23.3 Å². The fourth-order valence-corrected chi connectivity index (χ4v) is 2.94. The average molecular weight is 413 g/mol. The Labute approximate surface area is 165 Å². The smallest absolute Gasteiger partial charge is 0.335 e. The van der Waals surface area contributed by atoms with Crippen molar-refractivity contribution in [1.82, 2.24) is 4.90 Å². The van der Waals surface area contributed by atoms with Crippen LogP contribution in [0.15, 0.2) is 18.2 Å². The number of rotatable bonds is 8. The van der Waals surface area contributed by atoms with E-state index >= 15 is 0 Å². The fourth-order valence-electron chi connectivity index (χ4n) is 2.94. The van der Waals surface area contributed by atoms with Crippen LogP contribution >= 0.6 is 0 Å². The van der Waals surface area contributed by atoms with Crippen molar-refractivity contribution < 1.29 is 49.4 Å². The molecular weight excluding hydrogens is 390 g/mol. The summed E-state index contributed by atoms with van der Waals surface area (Å²) in [6.45, 7) is 0.647. The minimum absolute atomic E-state index is 0.0504. The number of aliphatic carboxylic acids is 1. The fraction of sp³-hybridized carbons (Fsp3) is 0.500. The number of ether oxygens (including phenoxy) is 2. The first-order chi connectivity index (χ1) is 13.6. The Balaban J connectivity index is 2.31. The van der Waals surface area contributed by atoms with Crippen molar-refractivity contribution in [1.29, 1.82) is 0 Å². The Morgan fingerprint density at radius 3 is 2.34 bits per heavy atom. The number of carboxylic acids is 2. The van der Waals surface area contributed by atoms with Crippen molar-refractivity contribution in [3.63, 3.8) is 0 Å². The molecule has 0 bridgehead atoms. The van der Waals surface area contributed by atoms with Gasteiger partial charge in [-0.3, -0.25) is 4.79 Å². The zero-order chi connectivity index (χ0) is 21.9. The molecule has 1 amide bonds.